The predicted octanol–water partition coefficient (Wildman–Crippen LogP) is 1.11. The second kappa shape index (κ2) is 3.31. The van der Waals surface area contributed by atoms with Gasteiger partial charge in [0.1, 0.15) is 5.03 Å². The lowest BCUT2D eigenvalue weighted by atomic mass is 9.84. The number of carbonyl (C=O) groups excluding carboxylic acids is 1. The number of rotatable bonds is 3. The Bertz CT molecular complexity index is 267. The fourth-order valence-corrected chi connectivity index (χ4v) is 2.05. The standard InChI is InChI=1S/C9H14ClNO2/c1-4-11(5-2)7-6(10)8(12)9(7,3)13/h13H,4-5H2,1-3H3. The van der Waals surface area contributed by atoms with Crippen molar-refractivity contribution in [1.29, 1.82) is 0 Å². The zero-order valence-corrected chi connectivity index (χ0v) is 8.85. The smallest absolute Gasteiger partial charge is 0.213 e. The third-order valence-electron chi connectivity index (χ3n) is 2.39. The molecule has 1 unspecified atom stereocenters. The maximum Gasteiger partial charge on any atom is 0.213 e. The van der Waals surface area contributed by atoms with Crippen LogP contribution in [0.15, 0.2) is 10.7 Å². The highest BCUT2D eigenvalue weighted by atomic mass is 35.5. The Morgan fingerprint density at radius 2 is 1.92 bits per heavy atom. The van der Waals surface area contributed by atoms with Gasteiger partial charge in [-0.25, -0.2) is 0 Å². The van der Waals surface area contributed by atoms with Gasteiger partial charge < -0.3 is 10.0 Å². The summed E-state index contributed by atoms with van der Waals surface area (Å²) in [6.07, 6.45) is 0. The monoisotopic (exact) mass is 203 g/mol. The molecule has 0 aromatic rings. The van der Waals surface area contributed by atoms with E-state index in [9.17, 15) is 9.90 Å². The summed E-state index contributed by atoms with van der Waals surface area (Å²) in [5.74, 6) is -0.379. The van der Waals surface area contributed by atoms with Gasteiger partial charge >= 0.3 is 0 Å². The number of aliphatic hydroxyl groups is 1. The minimum atomic E-state index is -1.37. The molecular weight excluding hydrogens is 190 g/mol. The van der Waals surface area contributed by atoms with Crippen LogP contribution in [0.1, 0.15) is 20.8 Å². The van der Waals surface area contributed by atoms with Crippen LogP contribution < -0.4 is 0 Å². The maximum atomic E-state index is 11.2. The van der Waals surface area contributed by atoms with Crippen molar-refractivity contribution in [3.8, 4) is 0 Å². The normalized spacial score (nSPS) is 27.6. The molecule has 1 atom stereocenters. The van der Waals surface area contributed by atoms with E-state index in [0.29, 0.717) is 5.70 Å². The highest BCUT2D eigenvalue weighted by Gasteiger charge is 2.50. The van der Waals surface area contributed by atoms with E-state index in [1.807, 2.05) is 18.7 Å². The maximum absolute atomic E-state index is 11.2. The van der Waals surface area contributed by atoms with E-state index in [1.165, 1.54) is 6.92 Å². The fraction of sp³-hybridized carbons (Fsp3) is 0.667. The molecule has 1 rings (SSSR count). The Kier molecular flexibility index (Phi) is 2.68. The summed E-state index contributed by atoms with van der Waals surface area (Å²) in [5, 5.41) is 9.89. The van der Waals surface area contributed by atoms with E-state index in [0.717, 1.165) is 13.1 Å². The van der Waals surface area contributed by atoms with Crippen molar-refractivity contribution in [2.45, 2.75) is 26.4 Å². The molecule has 0 spiro atoms. The van der Waals surface area contributed by atoms with Crippen molar-refractivity contribution < 1.29 is 9.90 Å². The van der Waals surface area contributed by atoms with E-state index in [4.69, 9.17) is 11.6 Å². The Hall–Kier alpha value is -0.540. The summed E-state index contributed by atoms with van der Waals surface area (Å²) in [6.45, 7) is 6.88. The molecule has 0 aromatic carbocycles. The van der Waals surface area contributed by atoms with Gasteiger partial charge in [-0.1, -0.05) is 11.6 Å². The van der Waals surface area contributed by atoms with Crippen molar-refractivity contribution in [3.63, 3.8) is 0 Å². The molecule has 0 aliphatic heterocycles. The van der Waals surface area contributed by atoms with Gasteiger partial charge in [-0.2, -0.15) is 0 Å². The second-order valence-corrected chi connectivity index (χ2v) is 3.61. The number of Topliss-reactive ketones (excluding diaryl/α,β-unsaturated/α-hetero) is 1. The average molecular weight is 204 g/mol. The molecule has 0 radical (unpaired) electrons. The first-order chi connectivity index (χ1) is 5.96. The van der Waals surface area contributed by atoms with Gasteiger partial charge in [0.15, 0.2) is 5.60 Å². The van der Waals surface area contributed by atoms with Crippen LogP contribution in [-0.4, -0.2) is 34.5 Å². The summed E-state index contributed by atoms with van der Waals surface area (Å²) in [6, 6.07) is 0. The molecule has 13 heavy (non-hydrogen) atoms. The van der Waals surface area contributed by atoms with Crippen LogP contribution in [0.3, 0.4) is 0 Å². The van der Waals surface area contributed by atoms with Crippen LogP contribution in [0, 0.1) is 0 Å². The molecule has 0 saturated heterocycles. The van der Waals surface area contributed by atoms with Crippen molar-refractivity contribution in [2.24, 2.45) is 0 Å². The minimum absolute atomic E-state index is 0.175. The van der Waals surface area contributed by atoms with Crippen LogP contribution in [0.25, 0.3) is 0 Å². The number of likely N-dealkylation sites (N-methyl/N-ethyl adjacent to an activating group) is 1. The molecule has 3 nitrogen and oxygen atoms in total. The first-order valence-electron chi connectivity index (χ1n) is 4.39. The molecule has 4 heteroatoms. The first-order valence-corrected chi connectivity index (χ1v) is 4.76. The average Bonchev–Trinajstić information content (AvgIpc) is 2.12. The molecule has 1 aliphatic carbocycles. The van der Waals surface area contributed by atoms with Crippen LogP contribution in [0.2, 0.25) is 0 Å². The number of nitrogens with zero attached hydrogens (tertiary/aromatic N) is 1. The van der Waals surface area contributed by atoms with Crippen LogP contribution in [0.5, 0.6) is 0 Å². The Morgan fingerprint density at radius 1 is 1.46 bits per heavy atom. The topological polar surface area (TPSA) is 40.5 Å². The Morgan fingerprint density at radius 3 is 2.23 bits per heavy atom. The zero-order chi connectivity index (χ0) is 10.2. The third-order valence-corrected chi connectivity index (χ3v) is 2.74. The lowest BCUT2D eigenvalue weighted by molar-refractivity contribution is -0.133. The largest absolute Gasteiger partial charge is 0.376 e. The summed E-state index contributed by atoms with van der Waals surface area (Å²) in [4.78, 5) is 13.1. The summed E-state index contributed by atoms with van der Waals surface area (Å²) >= 11 is 5.73. The van der Waals surface area contributed by atoms with Crippen LogP contribution >= 0.6 is 11.6 Å². The van der Waals surface area contributed by atoms with Crippen LogP contribution in [0.4, 0.5) is 0 Å². The molecule has 0 aromatic heterocycles. The van der Waals surface area contributed by atoms with Gasteiger partial charge in [-0.3, -0.25) is 4.79 Å². The van der Waals surface area contributed by atoms with Crippen molar-refractivity contribution in [2.75, 3.05) is 13.1 Å². The molecular formula is C9H14ClNO2. The molecule has 1 N–H and O–H groups in total. The molecule has 74 valence electrons. The lowest BCUT2D eigenvalue weighted by Gasteiger charge is -2.41. The van der Waals surface area contributed by atoms with E-state index in [1.54, 1.807) is 0 Å². The molecule has 0 fully saturated rings. The quantitative estimate of drug-likeness (QED) is 0.747. The van der Waals surface area contributed by atoms with E-state index in [2.05, 4.69) is 0 Å². The van der Waals surface area contributed by atoms with Gasteiger partial charge in [-0.15, -0.1) is 0 Å². The molecule has 0 heterocycles. The highest BCUT2D eigenvalue weighted by molar-refractivity contribution is 6.47. The van der Waals surface area contributed by atoms with E-state index in [-0.39, 0.29) is 10.8 Å². The highest BCUT2D eigenvalue weighted by Crippen LogP contribution is 2.39. The fourth-order valence-electron chi connectivity index (χ4n) is 1.57. The minimum Gasteiger partial charge on any atom is -0.376 e. The summed E-state index contributed by atoms with van der Waals surface area (Å²) in [5.41, 5.74) is -0.813. The number of ketones is 1. The summed E-state index contributed by atoms with van der Waals surface area (Å²) in [7, 11) is 0. The SMILES string of the molecule is CCN(CC)C1=C(Cl)C(=O)C1(C)O. The summed E-state index contributed by atoms with van der Waals surface area (Å²) < 4.78 is 0. The number of hydrogen-bond acceptors (Lipinski definition) is 3. The van der Waals surface area contributed by atoms with Crippen molar-refractivity contribution in [1.82, 2.24) is 4.90 Å². The van der Waals surface area contributed by atoms with Gasteiger partial charge in [-0.05, 0) is 20.8 Å². The number of carbonyl (C=O) groups is 1. The lowest BCUT2D eigenvalue weighted by Crippen LogP contribution is -2.53. The second-order valence-electron chi connectivity index (χ2n) is 3.24. The van der Waals surface area contributed by atoms with Gasteiger partial charge in [0.2, 0.25) is 5.78 Å². The number of hydrogen-bond donors (Lipinski definition) is 1. The zero-order valence-electron chi connectivity index (χ0n) is 8.09. The third kappa shape index (κ3) is 1.36. The van der Waals surface area contributed by atoms with Crippen LogP contribution in [-0.2, 0) is 4.79 Å². The van der Waals surface area contributed by atoms with Crippen molar-refractivity contribution >= 4 is 17.4 Å². The predicted molar refractivity (Wildman–Crippen MR) is 51.4 cm³/mol. The molecule has 0 saturated carbocycles. The first kappa shape index (κ1) is 10.5. The van der Waals surface area contributed by atoms with Gasteiger partial charge in [0.05, 0.1) is 5.70 Å². The van der Waals surface area contributed by atoms with Gasteiger partial charge in [0, 0.05) is 13.1 Å². The molecule has 0 bridgehead atoms. The van der Waals surface area contributed by atoms with E-state index < -0.39 is 5.60 Å². The number of halogens is 1. The van der Waals surface area contributed by atoms with Gasteiger partial charge in [0.25, 0.3) is 0 Å². The van der Waals surface area contributed by atoms with E-state index >= 15 is 0 Å². The Balaban J connectivity index is 2.99. The molecule has 1 aliphatic rings. The Labute approximate surface area is 83.0 Å². The molecule has 0 amide bonds. The van der Waals surface area contributed by atoms with Crippen molar-refractivity contribution in [3.05, 3.63) is 10.7 Å².